The molecule has 0 aliphatic heterocycles. The summed E-state index contributed by atoms with van der Waals surface area (Å²) < 4.78 is 0.852. The van der Waals surface area contributed by atoms with Crippen molar-refractivity contribution in [2.24, 2.45) is 0 Å². The summed E-state index contributed by atoms with van der Waals surface area (Å²) in [5.41, 5.74) is 2.62. The second-order valence-corrected chi connectivity index (χ2v) is 6.02. The fraction of sp³-hybridized carbons (Fsp3) is 0.286. The number of hydrogen-bond donors (Lipinski definition) is 1. The molecule has 17 heavy (non-hydrogen) atoms. The van der Waals surface area contributed by atoms with Gasteiger partial charge >= 0.3 is 0 Å². The van der Waals surface area contributed by atoms with Gasteiger partial charge in [0.25, 0.3) is 0 Å². The minimum Gasteiger partial charge on any atom is -0.305 e. The Morgan fingerprint density at radius 2 is 1.88 bits per heavy atom. The summed E-state index contributed by atoms with van der Waals surface area (Å²) in [4.78, 5) is 1.27. The molecule has 0 aliphatic rings. The number of benzene rings is 1. The predicted octanol–water partition coefficient (Wildman–Crippen LogP) is 4.56. The summed E-state index contributed by atoms with van der Waals surface area (Å²) in [5, 5.41) is 3.50. The Bertz CT molecular complexity index is 475. The van der Waals surface area contributed by atoms with Crippen molar-refractivity contribution in [3.8, 4) is 0 Å². The Balaban J connectivity index is 1.93. The van der Waals surface area contributed by atoms with Crippen LogP contribution in [-0.4, -0.2) is 0 Å². The Labute approximate surface area is 111 Å². The van der Waals surface area contributed by atoms with Gasteiger partial charge in [0.05, 0.1) is 4.34 Å². The van der Waals surface area contributed by atoms with Gasteiger partial charge in [0.2, 0.25) is 0 Å². The second-order valence-electron chi connectivity index (χ2n) is 4.22. The van der Waals surface area contributed by atoms with Gasteiger partial charge in [0.1, 0.15) is 0 Å². The minimum atomic E-state index is 0.358. The number of halogens is 1. The van der Waals surface area contributed by atoms with Gasteiger partial charge in [-0.05, 0) is 31.5 Å². The normalized spacial score (nSPS) is 12.6. The van der Waals surface area contributed by atoms with Crippen LogP contribution in [0, 0.1) is 6.92 Å². The van der Waals surface area contributed by atoms with Crippen LogP contribution >= 0.6 is 22.9 Å². The Morgan fingerprint density at radius 3 is 2.47 bits per heavy atom. The summed E-state index contributed by atoms with van der Waals surface area (Å²) in [6, 6.07) is 13.0. The third-order valence-corrected chi connectivity index (χ3v) is 4.02. The van der Waals surface area contributed by atoms with Crippen LogP contribution in [0.5, 0.6) is 0 Å². The van der Waals surface area contributed by atoms with Gasteiger partial charge in [-0.15, -0.1) is 11.3 Å². The molecule has 0 saturated carbocycles. The predicted molar refractivity (Wildman–Crippen MR) is 75.8 cm³/mol. The molecular weight excluding hydrogens is 250 g/mol. The molecule has 1 aromatic carbocycles. The molecule has 0 spiro atoms. The molecule has 3 heteroatoms. The molecule has 1 aromatic heterocycles. The maximum Gasteiger partial charge on any atom is 0.0931 e. The Morgan fingerprint density at radius 1 is 1.18 bits per heavy atom. The summed E-state index contributed by atoms with van der Waals surface area (Å²) in [7, 11) is 0. The van der Waals surface area contributed by atoms with E-state index in [0.717, 1.165) is 10.9 Å². The molecular formula is C14H16ClNS. The molecule has 1 atom stereocenters. The molecule has 0 aliphatic carbocycles. The molecule has 1 heterocycles. The van der Waals surface area contributed by atoms with Crippen molar-refractivity contribution in [2.45, 2.75) is 26.4 Å². The lowest BCUT2D eigenvalue weighted by Gasteiger charge is -2.13. The molecule has 0 bridgehead atoms. The summed E-state index contributed by atoms with van der Waals surface area (Å²) in [5.74, 6) is 0. The molecule has 1 nitrogen and oxygen atoms in total. The molecule has 1 N–H and O–H groups in total. The van der Waals surface area contributed by atoms with Gasteiger partial charge in [-0.3, -0.25) is 0 Å². The summed E-state index contributed by atoms with van der Waals surface area (Å²) in [6.07, 6.45) is 0. The van der Waals surface area contributed by atoms with Gasteiger partial charge in [-0.1, -0.05) is 41.4 Å². The summed E-state index contributed by atoms with van der Waals surface area (Å²) >= 11 is 7.53. The summed E-state index contributed by atoms with van der Waals surface area (Å²) in [6.45, 7) is 5.15. The highest BCUT2D eigenvalue weighted by molar-refractivity contribution is 7.16. The average molecular weight is 266 g/mol. The van der Waals surface area contributed by atoms with Crippen LogP contribution in [0.1, 0.15) is 29.0 Å². The quantitative estimate of drug-likeness (QED) is 0.855. The molecule has 0 fully saturated rings. The molecule has 0 saturated heterocycles. The van der Waals surface area contributed by atoms with E-state index in [4.69, 9.17) is 11.6 Å². The number of hydrogen-bond acceptors (Lipinski definition) is 2. The van der Waals surface area contributed by atoms with Gasteiger partial charge in [-0.25, -0.2) is 0 Å². The smallest absolute Gasteiger partial charge is 0.0931 e. The fourth-order valence-corrected chi connectivity index (χ4v) is 2.71. The first-order valence-corrected chi connectivity index (χ1v) is 6.89. The molecule has 0 radical (unpaired) electrons. The van der Waals surface area contributed by atoms with Crippen molar-refractivity contribution < 1.29 is 0 Å². The standard InChI is InChI=1S/C14H16ClNS/c1-10-3-5-12(6-4-10)11(2)16-9-13-7-8-14(15)17-13/h3-8,11,16H,9H2,1-2H3. The van der Waals surface area contributed by atoms with Crippen molar-refractivity contribution in [2.75, 3.05) is 0 Å². The van der Waals surface area contributed by atoms with E-state index < -0.39 is 0 Å². The topological polar surface area (TPSA) is 12.0 Å². The first-order chi connectivity index (χ1) is 8.15. The fourth-order valence-electron chi connectivity index (χ4n) is 1.67. The van der Waals surface area contributed by atoms with E-state index in [1.54, 1.807) is 11.3 Å². The maximum absolute atomic E-state index is 5.90. The van der Waals surface area contributed by atoms with E-state index in [9.17, 15) is 0 Å². The van der Waals surface area contributed by atoms with Gasteiger partial charge < -0.3 is 5.32 Å². The molecule has 0 amide bonds. The van der Waals surface area contributed by atoms with Crippen LogP contribution < -0.4 is 5.32 Å². The van der Waals surface area contributed by atoms with E-state index >= 15 is 0 Å². The number of nitrogens with one attached hydrogen (secondary N) is 1. The van der Waals surface area contributed by atoms with Crippen LogP contribution in [0.4, 0.5) is 0 Å². The first kappa shape index (κ1) is 12.6. The monoisotopic (exact) mass is 265 g/mol. The molecule has 2 rings (SSSR count). The highest BCUT2D eigenvalue weighted by Crippen LogP contribution is 2.22. The van der Waals surface area contributed by atoms with Crippen LogP contribution in [0.2, 0.25) is 4.34 Å². The maximum atomic E-state index is 5.90. The van der Waals surface area contributed by atoms with Crippen molar-refractivity contribution in [3.05, 3.63) is 56.7 Å². The van der Waals surface area contributed by atoms with E-state index in [2.05, 4.69) is 49.5 Å². The van der Waals surface area contributed by atoms with Gasteiger partial charge in [0.15, 0.2) is 0 Å². The SMILES string of the molecule is Cc1ccc(C(C)NCc2ccc(Cl)s2)cc1. The van der Waals surface area contributed by atoms with Gasteiger partial charge in [0, 0.05) is 17.5 Å². The third-order valence-electron chi connectivity index (χ3n) is 2.79. The van der Waals surface area contributed by atoms with Crippen LogP contribution in [-0.2, 0) is 6.54 Å². The molecule has 2 aromatic rings. The van der Waals surface area contributed by atoms with Gasteiger partial charge in [-0.2, -0.15) is 0 Å². The number of aryl methyl sites for hydroxylation is 1. The third kappa shape index (κ3) is 3.56. The average Bonchev–Trinajstić information content (AvgIpc) is 2.73. The minimum absolute atomic E-state index is 0.358. The lowest BCUT2D eigenvalue weighted by atomic mass is 10.1. The van der Waals surface area contributed by atoms with Crippen LogP contribution in [0.15, 0.2) is 36.4 Å². The van der Waals surface area contributed by atoms with E-state index in [1.165, 1.54) is 16.0 Å². The van der Waals surface area contributed by atoms with Crippen molar-refractivity contribution in [1.29, 1.82) is 0 Å². The first-order valence-electron chi connectivity index (χ1n) is 5.69. The molecule has 90 valence electrons. The van der Waals surface area contributed by atoms with E-state index in [0.29, 0.717) is 6.04 Å². The lowest BCUT2D eigenvalue weighted by molar-refractivity contribution is 0.579. The van der Waals surface area contributed by atoms with E-state index in [-0.39, 0.29) is 0 Å². The van der Waals surface area contributed by atoms with Crippen LogP contribution in [0.25, 0.3) is 0 Å². The van der Waals surface area contributed by atoms with Crippen molar-refractivity contribution in [1.82, 2.24) is 5.32 Å². The molecule has 1 unspecified atom stereocenters. The zero-order chi connectivity index (χ0) is 12.3. The van der Waals surface area contributed by atoms with E-state index in [1.807, 2.05) is 6.07 Å². The number of rotatable bonds is 4. The largest absolute Gasteiger partial charge is 0.305 e. The van der Waals surface area contributed by atoms with Crippen molar-refractivity contribution >= 4 is 22.9 Å². The zero-order valence-electron chi connectivity index (χ0n) is 10.0. The zero-order valence-corrected chi connectivity index (χ0v) is 11.6. The highest BCUT2D eigenvalue weighted by Gasteiger charge is 2.05. The number of thiophene rings is 1. The second kappa shape index (κ2) is 5.67. The lowest BCUT2D eigenvalue weighted by Crippen LogP contribution is -2.17. The Kier molecular flexibility index (Phi) is 4.21. The van der Waals surface area contributed by atoms with Crippen molar-refractivity contribution in [3.63, 3.8) is 0 Å². The Hall–Kier alpha value is -0.830. The highest BCUT2D eigenvalue weighted by atomic mass is 35.5. The van der Waals surface area contributed by atoms with Crippen LogP contribution in [0.3, 0.4) is 0 Å².